The second kappa shape index (κ2) is 9.26. The molecule has 0 spiro atoms. The van der Waals surface area contributed by atoms with Crippen LogP contribution in [0.4, 0.5) is 10.6 Å². The molecule has 0 unspecified atom stereocenters. The van der Waals surface area contributed by atoms with Crippen LogP contribution in [0.5, 0.6) is 5.75 Å². The van der Waals surface area contributed by atoms with Gasteiger partial charge in [-0.2, -0.15) is 0 Å². The highest BCUT2D eigenvalue weighted by Crippen LogP contribution is 2.17. The van der Waals surface area contributed by atoms with Gasteiger partial charge in [0.25, 0.3) is 0 Å². The van der Waals surface area contributed by atoms with Crippen molar-refractivity contribution in [2.75, 3.05) is 32.1 Å². The first kappa shape index (κ1) is 19.0. The molecule has 1 aromatic heterocycles. The van der Waals surface area contributed by atoms with Gasteiger partial charge in [-0.15, -0.1) is 0 Å². The van der Waals surface area contributed by atoms with Crippen LogP contribution in [0.15, 0.2) is 42.6 Å². The molecule has 1 fully saturated rings. The first-order valence-corrected chi connectivity index (χ1v) is 9.47. The summed E-state index contributed by atoms with van der Waals surface area (Å²) in [5.74, 6) is 1.82. The van der Waals surface area contributed by atoms with Gasteiger partial charge in [0.15, 0.2) is 0 Å². The third-order valence-corrected chi connectivity index (χ3v) is 4.83. The number of amides is 2. The van der Waals surface area contributed by atoms with Crippen molar-refractivity contribution in [1.82, 2.24) is 15.2 Å². The quantitative estimate of drug-likeness (QED) is 0.849. The first-order chi connectivity index (χ1) is 13.2. The van der Waals surface area contributed by atoms with Crippen molar-refractivity contribution in [2.24, 2.45) is 0 Å². The number of nitrogens with one attached hydrogen (secondary N) is 1. The van der Waals surface area contributed by atoms with Crippen molar-refractivity contribution in [3.05, 3.63) is 53.7 Å². The van der Waals surface area contributed by atoms with Gasteiger partial charge in [-0.25, -0.2) is 9.78 Å². The summed E-state index contributed by atoms with van der Waals surface area (Å²) in [4.78, 5) is 20.9. The summed E-state index contributed by atoms with van der Waals surface area (Å²) in [5.41, 5.74) is 2.03. The van der Waals surface area contributed by atoms with Crippen LogP contribution in [0.1, 0.15) is 30.4 Å². The Morgan fingerprint density at radius 1 is 1.19 bits per heavy atom. The van der Waals surface area contributed by atoms with Gasteiger partial charge in [0, 0.05) is 39.4 Å². The largest absolute Gasteiger partial charge is 0.497 e. The first-order valence-electron chi connectivity index (χ1n) is 9.47. The molecule has 144 valence electrons. The molecule has 1 N–H and O–H groups in total. The van der Waals surface area contributed by atoms with E-state index >= 15 is 0 Å². The Morgan fingerprint density at radius 3 is 2.70 bits per heavy atom. The van der Waals surface area contributed by atoms with E-state index in [1.807, 2.05) is 42.6 Å². The maximum atomic E-state index is 12.3. The number of hydrogen-bond acceptors (Lipinski definition) is 4. The fraction of sp³-hybridized carbons (Fsp3) is 0.429. The van der Waals surface area contributed by atoms with Crippen LogP contribution in [0, 0.1) is 0 Å². The van der Waals surface area contributed by atoms with Gasteiger partial charge in [-0.05, 0) is 48.6 Å². The zero-order valence-corrected chi connectivity index (χ0v) is 16.1. The van der Waals surface area contributed by atoms with Gasteiger partial charge in [0.1, 0.15) is 11.6 Å². The van der Waals surface area contributed by atoms with Gasteiger partial charge in [0.2, 0.25) is 0 Å². The Morgan fingerprint density at radius 2 is 2.00 bits per heavy atom. The second-order valence-electron chi connectivity index (χ2n) is 6.94. The molecule has 2 heterocycles. The number of anilines is 1. The smallest absolute Gasteiger partial charge is 0.317 e. The van der Waals surface area contributed by atoms with E-state index in [2.05, 4.69) is 15.2 Å². The fourth-order valence-corrected chi connectivity index (χ4v) is 3.26. The van der Waals surface area contributed by atoms with Crippen LogP contribution in [-0.2, 0) is 13.1 Å². The molecule has 1 aliphatic heterocycles. The molecule has 2 aromatic rings. The number of methoxy groups -OCH3 is 1. The van der Waals surface area contributed by atoms with E-state index in [4.69, 9.17) is 4.74 Å². The molecule has 0 bridgehead atoms. The normalized spacial score (nSPS) is 13.9. The molecule has 6 heteroatoms. The van der Waals surface area contributed by atoms with Gasteiger partial charge in [0.05, 0.1) is 7.11 Å². The van der Waals surface area contributed by atoms with Crippen LogP contribution in [0.25, 0.3) is 0 Å². The van der Waals surface area contributed by atoms with Gasteiger partial charge in [-0.3, -0.25) is 0 Å². The average molecular weight is 368 g/mol. The third kappa shape index (κ3) is 5.36. The Labute approximate surface area is 161 Å². The molecule has 0 radical (unpaired) electrons. The molecule has 0 atom stereocenters. The number of carbonyl (C=O) groups excluding carboxylic acids is 1. The van der Waals surface area contributed by atoms with Crippen molar-refractivity contribution in [1.29, 1.82) is 0 Å². The van der Waals surface area contributed by atoms with E-state index < -0.39 is 0 Å². The molecular weight excluding hydrogens is 340 g/mol. The lowest BCUT2D eigenvalue weighted by atomic mass is 10.1. The lowest BCUT2D eigenvalue weighted by molar-refractivity contribution is 0.206. The maximum absolute atomic E-state index is 12.3. The summed E-state index contributed by atoms with van der Waals surface area (Å²) in [6, 6.07) is 11.7. The van der Waals surface area contributed by atoms with E-state index in [1.54, 1.807) is 19.1 Å². The summed E-state index contributed by atoms with van der Waals surface area (Å²) in [7, 11) is 3.42. The van der Waals surface area contributed by atoms with Gasteiger partial charge >= 0.3 is 6.03 Å². The number of benzene rings is 1. The van der Waals surface area contributed by atoms with E-state index in [-0.39, 0.29) is 6.03 Å². The third-order valence-electron chi connectivity index (χ3n) is 4.83. The predicted octanol–water partition coefficient (Wildman–Crippen LogP) is 3.42. The van der Waals surface area contributed by atoms with Crippen molar-refractivity contribution >= 4 is 11.8 Å². The summed E-state index contributed by atoms with van der Waals surface area (Å²) in [6.07, 6.45) is 5.63. The number of carbonyl (C=O) groups is 1. The summed E-state index contributed by atoms with van der Waals surface area (Å²) in [6.45, 7) is 3.15. The molecule has 1 aliphatic rings. The SMILES string of the molecule is COc1cccc(CN(C)C(=O)NCc2ccc(N3CCCCC3)nc2)c1. The number of hydrogen-bond donors (Lipinski definition) is 1. The molecule has 1 aromatic carbocycles. The molecule has 3 rings (SSSR count). The van der Waals surface area contributed by atoms with Crippen LogP contribution < -0.4 is 15.0 Å². The fourth-order valence-electron chi connectivity index (χ4n) is 3.26. The van der Waals surface area contributed by atoms with E-state index in [9.17, 15) is 4.79 Å². The molecule has 6 nitrogen and oxygen atoms in total. The zero-order valence-electron chi connectivity index (χ0n) is 16.1. The van der Waals surface area contributed by atoms with E-state index in [0.717, 1.165) is 35.8 Å². The number of urea groups is 1. The van der Waals surface area contributed by atoms with Crippen molar-refractivity contribution in [3.8, 4) is 5.75 Å². The Balaban J connectivity index is 1.49. The number of pyridine rings is 1. The highest BCUT2D eigenvalue weighted by atomic mass is 16.5. The van der Waals surface area contributed by atoms with Crippen molar-refractivity contribution in [2.45, 2.75) is 32.4 Å². The number of rotatable bonds is 6. The average Bonchev–Trinajstić information content (AvgIpc) is 2.73. The van der Waals surface area contributed by atoms with E-state index in [1.165, 1.54) is 19.3 Å². The molecule has 27 heavy (non-hydrogen) atoms. The number of nitrogens with zero attached hydrogens (tertiary/aromatic N) is 3. The molecule has 1 saturated heterocycles. The lowest BCUT2D eigenvalue weighted by Crippen LogP contribution is -2.36. The molecule has 0 saturated carbocycles. The Bertz CT molecular complexity index is 742. The van der Waals surface area contributed by atoms with Crippen LogP contribution in [0.3, 0.4) is 0 Å². The van der Waals surface area contributed by atoms with Gasteiger partial charge in [-0.1, -0.05) is 18.2 Å². The van der Waals surface area contributed by atoms with Crippen LogP contribution >= 0.6 is 0 Å². The Kier molecular flexibility index (Phi) is 6.52. The number of aromatic nitrogens is 1. The minimum Gasteiger partial charge on any atom is -0.497 e. The van der Waals surface area contributed by atoms with Gasteiger partial charge < -0.3 is 19.9 Å². The molecule has 2 amide bonds. The second-order valence-corrected chi connectivity index (χ2v) is 6.94. The van der Waals surface area contributed by atoms with Crippen molar-refractivity contribution < 1.29 is 9.53 Å². The standard InChI is InChI=1S/C21H28N4O2/c1-24(16-17-7-6-8-19(13-17)27-2)21(26)23-15-18-9-10-20(22-14-18)25-11-4-3-5-12-25/h6-10,13-14H,3-5,11-12,15-16H2,1-2H3,(H,23,26). The summed E-state index contributed by atoms with van der Waals surface area (Å²) in [5, 5.41) is 2.95. The summed E-state index contributed by atoms with van der Waals surface area (Å²) < 4.78 is 5.23. The van der Waals surface area contributed by atoms with Crippen LogP contribution in [0.2, 0.25) is 0 Å². The molecular formula is C21H28N4O2. The minimum absolute atomic E-state index is 0.113. The maximum Gasteiger partial charge on any atom is 0.317 e. The highest BCUT2D eigenvalue weighted by molar-refractivity contribution is 5.73. The monoisotopic (exact) mass is 368 g/mol. The summed E-state index contributed by atoms with van der Waals surface area (Å²) >= 11 is 0. The number of ether oxygens (including phenoxy) is 1. The lowest BCUT2D eigenvalue weighted by Gasteiger charge is -2.27. The van der Waals surface area contributed by atoms with Crippen molar-refractivity contribution in [3.63, 3.8) is 0 Å². The minimum atomic E-state index is -0.113. The zero-order chi connectivity index (χ0) is 19.1. The Hall–Kier alpha value is -2.76. The van der Waals surface area contributed by atoms with Crippen LogP contribution in [-0.4, -0.2) is 43.2 Å². The number of piperidine rings is 1. The highest BCUT2D eigenvalue weighted by Gasteiger charge is 2.12. The topological polar surface area (TPSA) is 57.7 Å². The molecule has 0 aliphatic carbocycles. The predicted molar refractivity (Wildman–Crippen MR) is 107 cm³/mol. The van der Waals surface area contributed by atoms with E-state index in [0.29, 0.717) is 13.1 Å².